The molecule has 0 heterocycles. The van der Waals surface area contributed by atoms with Crippen molar-refractivity contribution in [3.8, 4) is 5.75 Å². The molecule has 136 valence electrons. The fourth-order valence-electron chi connectivity index (χ4n) is 3.09. The van der Waals surface area contributed by atoms with E-state index in [4.69, 9.17) is 4.74 Å². The molecule has 0 atom stereocenters. The smallest absolute Gasteiger partial charge is 0.124 e. The number of benzene rings is 2. The standard InChI is InChI=1S/C23H33NO/c1-3-5-6-7-8-9-11-14-20-17-18-22(19-23(20)25-4-2)24-21-15-12-10-13-16-21/h10,12-13,15-19,24H,3-9,11,14H2,1-2H3. The molecule has 0 unspecified atom stereocenters. The van der Waals surface area contributed by atoms with Crippen LogP contribution in [-0.4, -0.2) is 6.61 Å². The highest BCUT2D eigenvalue weighted by molar-refractivity contribution is 5.62. The zero-order valence-corrected chi connectivity index (χ0v) is 15.9. The van der Waals surface area contributed by atoms with Gasteiger partial charge in [0.1, 0.15) is 5.75 Å². The zero-order chi connectivity index (χ0) is 17.7. The van der Waals surface area contributed by atoms with Crippen molar-refractivity contribution in [2.45, 2.75) is 65.2 Å². The predicted molar refractivity (Wildman–Crippen MR) is 109 cm³/mol. The van der Waals surface area contributed by atoms with Crippen LogP contribution in [0.5, 0.6) is 5.75 Å². The summed E-state index contributed by atoms with van der Waals surface area (Å²) in [6, 6.07) is 16.8. The lowest BCUT2D eigenvalue weighted by atomic mass is 10.0. The van der Waals surface area contributed by atoms with Crippen LogP contribution in [-0.2, 0) is 6.42 Å². The number of aryl methyl sites for hydroxylation is 1. The average molecular weight is 340 g/mol. The quantitative estimate of drug-likeness (QED) is 0.415. The van der Waals surface area contributed by atoms with Gasteiger partial charge in [-0.2, -0.15) is 0 Å². The first-order valence-corrected chi connectivity index (χ1v) is 9.91. The van der Waals surface area contributed by atoms with Crippen molar-refractivity contribution >= 4 is 11.4 Å². The van der Waals surface area contributed by atoms with E-state index in [-0.39, 0.29) is 0 Å². The Morgan fingerprint density at radius 2 is 1.48 bits per heavy atom. The van der Waals surface area contributed by atoms with Crippen molar-refractivity contribution in [3.05, 3.63) is 54.1 Å². The summed E-state index contributed by atoms with van der Waals surface area (Å²) in [5.41, 5.74) is 3.51. The van der Waals surface area contributed by atoms with E-state index in [0.717, 1.165) is 23.5 Å². The van der Waals surface area contributed by atoms with Crippen LogP contribution in [0.3, 0.4) is 0 Å². The Kier molecular flexibility index (Phi) is 8.96. The van der Waals surface area contributed by atoms with Crippen molar-refractivity contribution in [1.82, 2.24) is 0 Å². The van der Waals surface area contributed by atoms with E-state index in [0.29, 0.717) is 6.61 Å². The molecule has 0 radical (unpaired) electrons. The lowest BCUT2D eigenvalue weighted by Gasteiger charge is -2.13. The lowest BCUT2D eigenvalue weighted by Crippen LogP contribution is -1.99. The second-order valence-corrected chi connectivity index (χ2v) is 6.62. The van der Waals surface area contributed by atoms with E-state index < -0.39 is 0 Å². The van der Waals surface area contributed by atoms with Gasteiger partial charge < -0.3 is 10.1 Å². The minimum atomic E-state index is 0.707. The highest BCUT2D eigenvalue weighted by atomic mass is 16.5. The lowest BCUT2D eigenvalue weighted by molar-refractivity contribution is 0.336. The van der Waals surface area contributed by atoms with Crippen LogP contribution in [0, 0.1) is 0 Å². The van der Waals surface area contributed by atoms with Gasteiger partial charge in [0.05, 0.1) is 6.61 Å². The molecule has 2 aromatic rings. The average Bonchev–Trinajstić information content (AvgIpc) is 2.63. The van der Waals surface area contributed by atoms with E-state index in [2.05, 4.69) is 49.5 Å². The molecule has 0 aliphatic rings. The summed E-state index contributed by atoms with van der Waals surface area (Å²) in [6.07, 6.45) is 10.5. The number of nitrogens with one attached hydrogen (secondary N) is 1. The number of unbranched alkanes of at least 4 members (excludes halogenated alkanes) is 6. The van der Waals surface area contributed by atoms with Crippen LogP contribution in [0.1, 0.15) is 64.4 Å². The Morgan fingerprint density at radius 3 is 2.20 bits per heavy atom. The summed E-state index contributed by atoms with van der Waals surface area (Å²) in [4.78, 5) is 0. The maximum absolute atomic E-state index is 5.89. The number of hydrogen-bond acceptors (Lipinski definition) is 2. The van der Waals surface area contributed by atoms with Gasteiger partial charge >= 0.3 is 0 Å². The fourth-order valence-corrected chi connectivity index (χ4v) is 3.09. The molecule has 0 saturated carbocycles. The van der Waals surface area contributed by atoms with Crippen LogP contribution in [0.15, 0.2) is 48.5 Å². The fraction of sp³-hybridized carbons (Fsp3) is 0.478. The van der Waals surface area contributed by atoms with E-state index in [1.807, 2.05) is 18.2 Å². The molecule has 0 saturated heterocycles. The maximum atomic E-state index is 5.89. The summed E-state index contributed by atoms with van der Waals surface area (Å²) in [7, 11) is 0. The van der Waals surface area contributed by atoms with Crippen LogP contribution >= 0.6 is 0 Å². The molecule has 2 nitrogen and oxygen atoms in total. The zero-order valence-electron chi connectivity index (χ0n) is 15.9. The molecule has 0 amide bonds. The topological polar surface area (TPSA) is 21.3 Å². The van der Waals surface area contributed by atoms with Crippen molar-refractivity contribution in [2.24, 2.45) is 0 Å². The maximum Gasteiger partial charge on any atom is 0.124 e. The number of rotatable bonds is 12. The molecule has 2 aromatic carbocycles. The predicted octanol–water partition coefficient (Wildman–Crippen LogP) is 7.12. The molecular formula is C23H33NO. The summed E-state index contributed by atoms with van der Waals surface area (Å²) in [5.74, 6) is 1.02. The summed E-state index contributed by atoms with van der Waals surface area (Å²) in [5, 5.41) is 3.45. The van der Waals surface area contributed by atoms with Gasteiger partial charge in [-0.1, -0.05) is 69.7 Å². The van der Waals surface area contributed by atoms with Crippen molar-refractivity contribution in [1.29, 1.82) is 0 Å². The largest absolute Gasteiger partial charge is 0.494 e. The molecule has 25 heavy (non-hydrogen) atoms. The Morgan fingerprint density at radius 1 is 0.760 bits per heavy atom. The minimum absolute atomic E-state index is 0.707. The van der Waals surface area contributed by atoms with Crippen LogP contribution in [0.4, 0.5) is 11.4 Å². The van der Waals surface area contributed by atoms with E-state index in [1.54, 1.807) is 0 Å². The second kappa shape index (κ2) is 11.6. The third-order valence-electron chi connectivity index (χ3n) is 4.48. The molecule has 2 rings (SSSR count). The van der Waals surface area contributed by atoms with E-state index >= 15 is 0 Å². The minimum Gasteiger partial charge on any atom is -0.494 e. The van der Waals surface area contributed by atoms with Crippen molar-refractivity contribution in [3.63, 3.8) is 0 Å². The van der Waals surface area contributed by atoms with Gasteiger partial charge in [-0.3, -0.25) is 0 Å². The third kappa shape index (κ3) is 7.21. The van der Waals surface area contributed by atoms with Gasteiger partial charge in [0, 0.05) is 17.4 Å². The SMILES string of the molecule is CCCCCCCCCc1ccc(Nc2ccccc2)cc1OCC. The van der Waals surface area contributed by atoms with Gasteiger partial charge in [-0.05, 0) is 43.5 Å². The molecule has 1 N–H and O–H groups in total. The first kappa shape index (κ1) is 19.4. The number of anilines is 2. The Balaban J connectivity index is 1.87. The molecule has 0 bridgehead atoms. The Bertz CT molecular complexity index is 594. The van der Waals surface area contributed by atoms with Gasteiger partial charge in [-0.15, -0.1) is 0 Å². The number of para-hydroxylation sites is 1. The summed E-state index contributed by atoms with van der Waals surface area (Å²) < 4.78 is 5.89. The monoisotopic (exact) mass is 339 g/mol. The molecule has 0 aromatic heterocycles. The highest BCUT2D eigenvalue weighted by Crippen LogP contribution is 2.27. The van der Waals surface area contributed by atoms with Crippen LogP contribution in [0.2, 0.25) is 0 Å². The highest BCUT2D eigenvalue weighted by Gasteiger charge is 2.06. The van der Waals surface area contributed by atoms with Gasteiger partial charge in [0.15, 0.2) is 0 Å². The molecule has 2 heteroatoms. The van der Waals surface area contributed by atoms with Gasteiger partial charge in [-0.25, -0.2) is 0 Å². The van der Waals surface area contributed by atoms with E-state index in [1.165, 1.54) is 50.5 Å². The molecule has 0 aliphatic heterocycles. The first-order valence-electron chi connectivity index (χ1n) is 9.91. The molecule has 0 fully saturated rings. The first-order chi connectivity index (χ1) is 12.3. The molecule has 0 aliphatic carbocycles. The number of hydrogen-bond donors (Lipinski definition) is 1. The number of ether oxygens (including phenoxy) is 1. The Labute approximate surface area is 153 Å². The third-order valence-corrected chi connectivity index (χ3v) is 4.48. The molecular weight excluding hydrogens is 306 g/mol. The van der Waals surface area contributed by atoms with Crippen LogP contribution < -0.4 is 10.1 Å². The second-order valence-electron chi connectivity index (χ2n) is 6.62. The molecule has 0 spiro atoms. The summed E-state index contributed by atoms with van der Waals surface area (Å²) in [6.45, 7) is 5.03. The van der Waals surface area contributed by atoms with Crippen molar-refractivity contribution < 1.29 is 4.74 Å². The van der Waals surface area contributed by atoms with Gasteiger partial charge in [0.25, 0.3) is 0 Å². The van der Waals surface area contributed by atoms with Crippen LogP contribution in [0.25, 0.3) is 0 Å². The Hall–Kier alpha value is -1.96. The summed E-state index contributed by atoms with van der Waals surface area (Å²) >= 11 is 0. The van der Waals surface area contributed by atoms with Crippen molar-refractivity contribution in [2.75, 3.05) is 11.9 Å². The van der Waals surface area contributed by atoms with Gasteiger partial charge in [0.2, 0.25) is 0 Å². The van der Waals surface area contributed by atoms with E-state index in [9.17, 15) is 0 Å². The normalized spacial score (nSPS) is 10.6.